The van der Waals surface area contributed by atoms with Gasteiger partial charge in [-0.05, 0) is 43.0 Å². The van der Waals surface area contributed by atoms with Crippen LogP contribution >= 0.6 is 27.3 Å². The SMILES string of the molecule is Cc1cc(C(=O)Nc2ccc(Br)c3ccccc23)sc1C. The number of anilines is 1. The number of benzene rings is 2. The molecule has 0 spiro atoms. The minimum absolute atomic E-state index is 0.0522. The van der Waals surface area contributed by atoms with Gasteiger partial charge in [0.2, 0.25) is 0 Å². The Morgan fingerprint density at radius 3 is 2.48 bits per heavy atom. The molecule has 4 heteroatoms. The molecular weight excluding hydrogens is 346 g/mol. The average molecular weight is 360 g/mol. The van der Waals surface area contributed by atoms with Gasteiger partial charge in [0.25, 0.3) is 5.91 Å². The molecule has 21 heavy (non-hydrogen) atoms. The van der Waals surface area contributed by atoms with Crippen LogP contribution in [-0.4, -0.2) is 5.91 Å². The lowest BCUT2D eigenvalue weighted by atomic mass is 10.1. The van der Waals surface area contributed by atoms with Crippen molar-refractivity contribution in [1.29, 1.82) is 0 Å². The van der Waals surface area contributed by atoms with Gasteiger partial charge in [0.15, 0.2) is 0 Å². The van der Waals surface area contributed by atoms with E-state index < -0.39 is 0 Å². The maximum absolute atomic E-state index is 12.4. The van der Waals surface area contributed by atoms with E-state index in [2.05, 4.69) is 21.2 Å². The van der Waals surface area contributed by atoms with Gasteiger partial charge in [-0.1, -0.05) is 40.2 Å². The Balaban J connectivity index is 1.98. The van der Waals surface area contributed by atoms with Crippen molar-refractivity contribution in [3.05, 3.63) is 62.3 Å². The lowest BCUT2D eigenvalue weighted by molar-refractivity contribution is 0.103. The zero-order chi connectivity index (χ0) is 15.0. The van der Waals surface area contributed by atoms with Crippen LogP contribution in [0.25, 0.3) is 10.8 Å². The lowest BCUT2D eigenvalue weighted by Gasteiger charge is -2.09. The molecule has 2 aromatic carbocycles. The van der Waals surface area contributed by atoms with Gasteiger partial charge in [0.1, 0.15) is 0 Å². The summed E-state index contributed by atoms with van der Waals surface area (Å²) in [5.41, 5.74) is 1.99. The summed E-state index contributed by atoms with van der Waals surface area (Å²) in [5.74, 6) is -0.0522. The van der Waals surface area contributed by atoms with Crippen molar-refractivity contribution in [2.24, 2.45) is 0 Å². The molecule has 0 saturated heterocycles. The normalized spacial score (nSPS) is 10.8. The van der Waals surface area contributed by atoms with Gasteiger partial charge in [-0.2, -0.15) is 0 Å². The van der Waals surface area contributed by atoms with Crippen molar-refractivity contribution in [1.82, 2.24) is 0 Å². The van der Waals surface area contributed by atoms with E-state index in [9.17, 15) is 4.79 Å². The predicted molar refractivity (Wildman–Crippen MR) is 93.4 cm³/mol. The smallest absolute Gasteiger partial charge is 0.265 e. The van der Waals surface area contributed by atoms with Crippen LogP contribution in [0.1, 0.15) is 20.1 Å². The summed E-state index contributed by atoms with van der Waals surface area (Å²) < 4.78 is 1.03. The number of hydrogen-bond acceptors (Lipinski definition) is 2. The number of amides is 1. The summed E-state index contributed by atoms with van der Waals surface area (Å²) in [6.07, 6.45) is 0. The standard InChI is InChI=1S/C17H14BrNOS/c1-10-9-16(21-11(10)2)17(20)19-15-8-7-14(18)12-5-3-4-6-13(12)15/h3-9H,1-2H3,(H,19,20). The second-order valence-corrected chi connectivity index (χ2v) is 7.06. The average Bonchev–Trinajstić information content (AvgIpc) is 2.82. The number of rotatable bonds is 2. The Bertz CT molecular complexity index is 818. The van der Waals surface area contributed by atoms with Gasteiger partial charge < -0.3 is 5.32 Å². The largest absolute Gasteiger partial charge is 0.321 e. The molecule has 0 aliphatic heterocycles. The van der Waals surface area contributed by atoms with E-state index in [0.29, 0.717) is 0 Å². The number of carbonyl (C=O) groups is 1. The van der Waals surface area contributed by atoms with Crippen LogP contribution in [0.2, 0.25) is 0 Å². The highest BCUT2D eigenvalue weighted by Crippen LogP contribution is 2.30. The van der Waals surface area contributed by atoms with Crippen LogP contribution in [0.4, 0.5) is 5.69 Å². The lowest BCUT2D eigenvalue weighted by Crippen LogP contribution is -2.10. The fraction of sp³-hybridized carbons (Fsp3) is 0.118. The van der Waals surface area contributed by atoms with Crippen molar-refractivity contribution in [3.8, 4) is 0 Å². The molecule has 106 valence electrons. The summed E-state index contributed by atoms with van der Waals surface area (Å²) in [6.45, 7) is 4.06. The maximum Gasteiger partial charge on any atom is 0.265 e. The van der Waals surface area contributed by atoms with E-state index in [0.717, 1.165) is 31.4 Å². The van der Waals surface area contributed by atoms with E-state index in [1.54, 1.807) is 0 Å². The summed E-state index contributed by atoms with van der Waals surface area (Å²) >= 11 is 5.07. The van der Waals surface area contributed by atoms with Crippen molar-refractivity contribution >= 4 is 49.6 Å². The third kappa shape index (κ3) is 2.74. The number of thiophene rings is 1. The number of fused-ring (bicyclic) bond motifs is 1. The first-order chi connectivity index (χ1) is 10.1. The molecule has 1 amide bonds. The number of aryl methyl sites for hydroxylation is 2. The predicted octanol–water partition coefficient (Wildman–Crippen LogP) is 5.53. The Kier molecular flexibility index (Phi) is 3.83. The van der Waals surface area contributed by atoms with Crippen molar-refractivity contribution in [2.75, 3.05) is 5.32 Å². The fourth-order valence-corrected chi connectivity index (χ4v) is 3.65. The topological polar surface area (TPSA) is 29.1 Å². The monoisotopic (exact) mass is 359 g/mol. The summed E-state index contributed by atoms with van der Waals surface area (Å²) in [5, 5.41) is 5.14. The Morgan fingerprint density at radius 2 is 1.81 bits per heavy atom. The minimum atomic E-state index is -0.0522. The third-order valence-corrected chi connectivity index (χ3v) is 5.35. The number of halogens is 1. The molecule has 3 aromatic rings. The summed E-state index contributed by atoms with van der Waals surface area (Å²) in [4.78, 5) is 14.3. The molecule has 0 bridgehead atoms. The van der Waals surface area contributed by atoms with Crippen molar-refractivity contribution < 1.29 is 4.79 Å². The van der Waals surface area contributed by atoms with Gasteiger partial charge in [-0.25, -0.2) is 0 Å². The molecule has 2 nitrogen and oxygen atoms in total. The van der Waals surface area contributed by atoms with Crippen LogP contribution in [0.5, 0.6) is 0 Å². The van der Waals surface area contributed by atoms with Crippen LogP contribution in [0.3, 0.4) is 0 Å². The van der Waals surface area contributed by atoms with E-state index in [-0.39, 0.29) is 5.91 Å². The van der Waals surface area contributed by atoms with Gasteiger partial charge in [-0.15, -0.1) is 11.3 Å². The first-order valence-electron chi connectivity index (χ1n) is 6.62. The van der Waals surface area contributed by atoms with Gasteiger partial charge in [0.05, 0.1) is 4.88 Å². The second kappa shape index (κ2) is 5.62. The first-order valence-corrected chi connectivity index (χ1v) is 8.23. The molecule has 1 aromatic heterocycles. The van der Waals surface area contributed by atoms with Crippen LogP contribution < -0.4 is 5.32 Å². The van der Waals surface area contributed by atoms with Gasteiger partial charge >= 0.3 is 0 Å². The van der Waals surface area contributed by atoms with Gasteiger partial charge in [0, 0.05) is 20.4 Å². The quantitative estimate of drug-likeness (QED) is 0.639. The maximum atomic E-state index is 12.4. The summed E-state index contributed by atoms with van der Waals surface area (Å²) in [7, 11) is 0. The molecule has 3 rings (SSSR count). The van der Waals surface area contributed by atoms with Gasteiger partial charge in [-0.3, -0.25) is 4.79 Å². The zero-order valence-electron chi connectivity index (χ0n) is 11.7. The number of carbonyl (C=O) groups excluding carboxylic acids is 1. The summed E-state index contributed by atoms with van der Waals surface area (Å²) in [6, 6.07) is 13.8. The van der Waals surface area contributed by atoms with E-state index in [1.165, 1.54) is 16.2 Å². The fourth-order valence-electron chi connectivity index (χ4n) is 2.24. The molecule has 0 fully saturated rings. The van der Waals surface area contributed by atoms with Crippen LogP contribution in [-0.2, 0) is 0 Å². The second-order valence-electron chi connectivity index (χ2n) is 4.94. The van der Waals surface area contributed by atoms with Crippen LogP contribution in [0, 0.1) is 13.8 Å². The Labute approximate surface area is 135 Å². The molecule has 1 heterocycles. The Hall–Kier alpha value is -1.65. The number of nitrogens with one attached hydrogen (secondary N) is 1. The Morgan fingerprint density at radius 1 is 1.10 bits per heavy atom. The number of hydrogen-bond donors (Lipinski definition) is 1. The van der Waals surface area contributed by atoms with E-state index in [1.807, 2.05) is 56.3 Å². The minimum Gasteiger partial charge on any atom is -0.321 e. The third-order valence-electron chi connectivity index (χ3n) is 3.51. The highest BCUT2D eigenvalue weighted by atomic mass is 79.9. The molecule has 0 unspecified atom stereocenters. The molecule has 0 aliphatic rings. The molecule has 0 saturated carbocycles. The van der Waals surface area contributed by atoms with E-state index in [4.69, 9.17) is 0 Å². The molecular formula is C17H14BrNOS. The highest BCUT2D eigenvalue weighted by molar-refractivity contribution is 9.10. The van der Waals surface area contributed by atoms with E-state index >= 15 is 0 Å². The molecule has 0 radical (unpaired) electrons. The van der Waals surface area contributed by atoms with Crippen LogP contribution in [0.15, 0.2) is 46.9 Å². The highest BCUT2D eigenvalue weighted by Gasteiger charge is 2.12. The molecule has 0 atom stereocenters. The zero-order valence-corrected chi connectivity index (χ0v) is 14.1. The first kappa shape index (κ1) is 14.3. The molecule has 0 aliphatic carbocycles. The van der Waals surface area contributed by atoms with Crippen molar-refractivity contribution in [2.45, 2.75) is 13.8 Å². The van der Waals surface area contributed by atoms with Crippen molar-refractivity contribution in [3.63, 3.8) is 0 Å². The molecule has 1 N–H and O–H groups in total.